The summed E-state index contributed by atoms with van der Waals surface area (Å²) in [7, 11) is 0. The van der Waals surface area contributed by atoms with Crippen LogP contribution in [-0.2, 0) is 0 Å². The lowest BCUT2D eigenvalue weighted by Crippen LogP contribution is -2.38. The Kier molecular flexibility index (Phi) is 3.28. The van der Waals surface area contributed by atoms with E-state index in [-0.39, 0.29) is 0 Å². The molecule has 1 saturated heterocycles. The molecule has 0 atom stereocenters. The third kappa shape index (κ3) is 2.21. The van der Waals surface area contributed by atoms with E-state index in [0.29, 0.717) is 5.41 Å². The quantitative estimate of drug-likeness (QED) is 0.842. The second-order valence-corrected chi connectivity index (χ2v) is 6.22. The maximum Gasteiger partial charge on any atom is 0.0951 e. The van der Waals surface area contributed by atoms with E-state index in [9.17, 15) is 0 Å². The van der Waals surface area contributed by atoms with Crippen molar-refractivity contribution in [3.05, 3.63) is 30.5 Å². The van der Waals surface area contributed by atoms with Crippen LogP contribution in [0.3, 0.4) is 0 Å². The summed E-state index contributed by atoms with van der Waals surface area (Å²) >= 11 is 0. The van der Waals surface area contributed by atoms with Gasteiger partial charge >= 0.3 is 0 Å². The Balaban J connectivity index is 1.94. The molecule has 0 unspecified atom stereocenters. The van der Waals surface area contributed by atoms with Crippen LogP contribution in [0.5, 0.6) is 0 Å². The number of nitrogen functional groups attached to an aromatic ring is 1. The van der Waals surface area contributed by atoms with Crippen LogP contribution in [0.4, 0.5) is 11.4 Å². The lowest BCUT2D eigenvalue weighted by atomic mass is 9.78. The van der Waals surface area contributed by atoms with E-state index in [1.165, 1.54) is 30.3 Å². The maximum atomic E-state index is 6.04. The van der Waals surface area contributed by atoms with Gasteiger partial charge in [-0.2, -0.15) is 0 Å². The van der Waals surface area contributed by atoms with Gasteiger partial charge in [-0.25, -0.2) is 0 Å². The summed E-state index contributed by atoms with van der Waals surface area (Å²) in [6.07, 6.45) is 5.60. The summed E-state index contributed by atoms with van der Waals surface area (Å²) in [5, 5.41) is 1.17. The van der Waals surface area contributed by atoms with Crippen molar-refractivity contribution >= 4 is 22.3 Å². The molecule has 106 valence electrons. The molecule has 0 radical (unpaired) electrons. The Morgan fingerprint density at radius 1 is 1.25 bits per heavy atom. The molecule has 0 bridgehead atoms. The van der Waals surface area contributed by atoms with Crippen molar-refractivity contribution in [1.82, 2.24) is 4.98 Å². The first-order valence-corrected chi connectivity index (χ1v) is 7.51. The molecule has 3 nitrogen and oxygen atoms in total. The SMILES string of the molecule is CCC1(C)CCN(c2ccc(N)c3ncccc23)CC1. The van der Waals surface area contributed by atoms with E-state index in [0.717, 1.165) is 24.3 Å². The summed E-state index contributed by atoms with van der Waals surface area (Å²) in [4.78, 5) is 6.92. The molecule has 0 aliphatic carbocycles. The highest BCUT2D eigenvalue weighted by Gasteiger charge is 2.28. The molecule has 0 amide bonds. The van der Waals surface area contributed by atoms with Gasteiger partial charge in [0.1, 0.15) is 0 Å². The van der Waals surface area contributed by atoms with Crippen molar-refractivity contribution < 1.29 is 0 Å². The minimum Gasteiger partial charge on any atom is -0.397 e. The van der Waals surface area contributed by atoms with Gasteiger partial charge in [-0.05, 0) is 42.5 Å². The van der Waals surface area contributed by atoms with Crippen LogP contribution >= 0.6 is 0 Å². The zero-order valence-corrected chi connectivity index (χ0v) is 12.4. The topological polar surface area (TPSA) is 42.1 Å². The van der Waals surface area contributed by atoms with Gasteiger partial charge in [0.15, 0.2) is 0 Å². The molecule has 1 aromatic heterocycles. The third-order valence-corrected chi connectivity index (χ3v) is 4.94. The fourth-order valence-corrected chi connectivity index (χ4v) is 3.10. The van der Waals surface area contributed by atoms with Gasteiger partial charge in [0.25, 0.3) is 0 Å². The smallest absolute Gasteiger partial charge is 0.0951 e. The molecule has 2 heterocycles. The average molecular weight is 269 g/mol. The van der Waals surface area contributed by atoms with Crippen LogP contribution in [0.25, 0.3) is 10.9 Å². The van der Waals surface area contributed by atoms with Crippen molar-refractivity contribution in [3.8, 4) is 0 Å². The molecule has 1 aliphatic heterocycles. The number of nitrogens with two attached hydrogens (primary N) is 1. The number of hydrogen-bond acceptors (Lipinski definition) is 3. The Bertz CT molecular complexity index is 613. The highest BCUT2D eigenvalue weighted by molar-refractivity contribution is 5.98. The number of hydrogen-bond donors (Lipinski definition) is 1. The van der Waals surface area contributed by atoms with Crippen molar-refractivity contribution in [2.45, 2.75) is 33.1 Å². The summed E-state index contributed by atoms with van der Waals surface area (Å²) < 4.78 is 0. The molecular formula is C17H23N3. The summed E-state index contributed by atoms with van der Waals surface area (Å²) in [5.41, 5.74) is 9.52. The fourth-order valence-electron chi connectivity index (χ4n) is 3.10. The minimum absolute atomic E-state index is 0.512. The number of rotatable bonds is 2. The van der Waals surface area contributed by atoms with Gasteiger partial charge in [0, 0.05) is 30.4 Å². The molecule has 0 spiro atoms. The predicted molar refractivity (Wildman–Crippen MR) is 86.0 cm³/mol. The van der Waals surface area contributed by atoms with Crippen LogP contribution in [0.15, 0.2) is 30.5 Å². The molecule has 1 fully saturated rings. The zero-order valence-electron chi connectivity index (χ0n) is 12.4. The number of piperidine rings is 1. The molecule has 2 aromatic rings. The predicted octanol–water partition coefficient (Wildman–Crippen LogP) is 3.83. The lowest BCUT2D eigenvalue weighted by molar-refractivity contribution is 0.238. The first-order valence-electron chi connectivity index (χ1n) is 7.51. The van der Waals surface area contributed by atoms with E-state index in [1.54, 1.807) is 0 Å². The van der Waals surface area contributed by atoms with Gasteiger partial charge in [-0.15, -0.1) is 0 Å². The van der Waals surface area contributed by atoms with Crippen LogP contribution in [0.2, 0.25) is 0 Å². The number of fused-ring (bicyclic) bond motifs is 1. The second-order valence-electron chi connectivity index (χ2n) is 6.22. The molecule has 20 heavy (non-hydrogen) atoms. The van der Waals surface area contributed by atoms with Gasteiger partial charge in [-0.1, -0.05) is 20.3 Å². The molecule has 2 N–H and O–H groups in total. The molecule has 1 aliphatic rings. The normalized spacial score (nSPS) is 18.4. The van der Waals surface area contributed by atoms with Gasteiger partial charge < -0.3 is 10.6 Å². The molecular weight excluding hydrogens is 246 g/mol. The van der Waals surface area contributed by atoms with Crippen molar-refractivity contribution in [1.29, 1.82) is 0 Å². The molecule has 3 rings (SSSR count). The lowest BCUT2D eigenvalue weighted by Gasteiger charge is -2.40. The zero-order chi connectivity index (χ0) is 14.2. The highest BCUT2D eigenvalue weighted by Crippen LogP contribution is 2.38. The monoisotopic (exact) mass is 269 g/mol. The van der Waals surface area contributed by atoms with Crippen LogP contribution in [0, 0.1) is 5.41 Å². The first kappa shape index (κ1) is 13.2. The average Bonchev–Trinajstić information content (AvgIpc) is 2.49. The maximum absolute atomic E-state index is 6.04. The van der Waals surface area contributed by atoms with E-state index in [2.05, 4.69) is 35.9 Å². The van der Waals surface area contributed by atoms with Crippen molar-refractivity contribution in [3.63, 3.8) is 0 Å². The van der Waals surface area contributed by atoms with E-state index in [4.69, 9.17) is 5.73 Å². The minimum atomic E-state index is 0.512. The standard InChI is InChI=1S/C17H23N3/c1-3-17(2)8-11-20(12-9-17)15-7-6-14(18)16-13(15)5-4-10-19-16/h4-7,10H,3,8-9,11-12,18H2,1-2H3. The largest absolute Gasteiger partial charge is 0.397 e. The van der Waals surface area contributed by atoms with E-state index in [1.807, 2.05) is 18.3 Å². The van der Waals surface area contributed by atoms with Crippen molar-refractivity contribution in [2.24, 2.45) is 5.41 Å². The Hall–Kier alpha value is -1.77. The second kappa shape index (κ2) is 4.97. The number of anilines is 2. The molecule has 1 aromatic carbocycles. The number of nitrogens with zero attached hydrogens (tertiary/aromatic N) is 2. The van der Waals surface area contributed by atoms with Crippen LogP contribution in [-0.4, -0.2) is 18.1 Å². The van der Waals surface area contributed by atoms with E-state index < -0.39 is 0 Å². The first-order chi connectivity index (χ1) is 9.63. The summed E-state index contributed by atoms with van der Waals surface area (Å²) in [6, 6.07) is 8.25. The van der Waals surface area contributed by atoms with Crippen LogP contribution < -0.4 is 10.6 Å². The van der Waals surface area contributed by atoms with Crippen molar-refractivity contribution in [2.75, 3.05) is 23.7 Å². The fraction of sp³-hybridized carbons (Fsp3) is 0.471. The molecule has 3 heteroatoms. The van der Waals surface area contributed by atoms with Gasteiger partial charge in [0.2, 0.25) is 0 Å². The van der Waals surface area contributed by atoms with E-state index >= 15 is 0 Å². The van der Waals surface area contributed by atoms with Gasteiger partial charge in [0.05, 0.1) is 11.2 Å². The third-order valence-electron chi connectivity index (χ3n) is 4.94. The number of benzene rings is 1. The summed E-state index contributed by atoms with van der Waals surface area (Å²) in [5.74, 6) is 0. The Labute approximate surface area is 120 Å². The molecule has 0 saturated carbocycles. The highest BCUT2D eigenvalue weighted by atomic mass is 15.1. The van der Waals surface area contributed by atoms with Gasteiger partial charge in [-0.3, -0.25) is 4.98 Å². The Morgan fingerprint density at radius 2 is 2.00 bits per heavy atom. The Morgan fingerprint density at radius 3 is 2.70 bits per heavy atom. The van der Waals surface area contributed by atoms with Crippen LogP contribution in [0.1, 0.15) is 33.1 Å². The number of pyridine rings is 1. The summed E-state index contributed by atoms with van der Waals surface area (Å²) in [6.45, 7) is 6.96. The number of aromatic nitrogens is 1.